The average Bonchev–Trinajstić information content (AvgIpc) is 2.93. The van der Waals surface area contributed by atoms with Crippen LogP contribution in [0.3, 0.4) is 0 Å². The summed E-state index contributed by atoms with van der Waals surface area (Å²) >= 11 is 0. The quantitative estimate of drug-likeness (QED) is 0.748. The lowest BCUT2D eigenvalue weighted by molar-refractivity contribution is -0.175. The molecule has 0 radical (unpaired) electrons. The molecule has 0 amide bonds. The number of Topliss-reactive ketones (excluding diaryl/α,β-unsaturated/α-hetero) is 2. The van der Waals surface area contributed by atoms with Gasteiger partial charge < -0.3 is 5.11 Å². The fourth-order valence-corrected chi connectivity index (χ4v) is 6.87. The number of fused-ring (bicyclic) bond motifs is 5. The first-order valence-electron chi connectivity index (χ1n) is 9.79. The SMILES string of the molecule is C[C@]12CC(=O)[C@@]3(F)C(CCC4=CC(=O)CC[C@@]43C)C1CC[C@@H]2C(=O)C(=O)O. The number of aliphatic carboxylic acids is 1. The number of carbonyl (C=O) groups is 4. The van der Waals surface area contributed by atoms with Crippen molar-refractivity contribution in [3.63, 3.8) is 0 Å². The summed E-state index contributed by atoms with van der Waals surface area (Å²) in [5, 5.41) is 9.17. The molecule has 6 heteroatoms. The summed E-state index contributed by atoms with van der Waals surface area (Å²) < 4.78 is 16.7. The number of ketones is 3. The van der Waals surface area contributed by atoms with Gasteiger partial charge in [-0.15, -0.1) is 0 Å². The van der Waals surface area contributed by atoms with Gasteiger partial charge in [-0.1, -0.05) is 19.4 Å². The fraction of sp³-hybridized carbons (Fsp3) is 0.714. The van der Waals surface area contributed by atoms with Crippen molar-refractivity contribution < 1.29 is 28.7 Å². The van der Waals surface area contributed by atoms with E-state index in [0.29, 0.717) is 32.1 Å². The van der Waals surface area contributed by atoms with Gasteiger partial charge in [0.25, 0.3) is 0 Å². The first-order valence-corrected chi connectivity index (χ1v) is 9.79. The van der Waals surface area contributed by atoms with E-state index in [1.54, 1.807) is 13.8 Å². The summed E-state index contributed by atoms with van der Waals surface area (Å²) in [5.74, 6) is -4.30. The normalized spacial score (nSPS) is 46.2. The van der Waals surface area contributed by atoms with Gasteiger partial charge in [-0.2, -0.15) is 0 Å². The molecule has 0 aliphatic heterocycles. The molecule has 0 aromatic carbocycles. The molecule has 4 aliphatic carbocycles. The molecule has 0 aromatic rings. The smallest absolute Gasteiger partial charge is 0.372 e. The van der Waals surface area contributed by atoms with Crippen LogP contribution in [0.1, 0.15) is 58.8 Å². The lowest BCUT2D eigenvalue weighted by atomic mass is 9.44. The Morgan fingerprint density at radius 1 is 1.11 bits per heavy atom. The second-order valence-electron chi connectivity index (χ2n) is 9.34. The molecule has 0 bridgehead atoms. The monoisotopic (exact) mass is 376 g/mol. The van der Waals surface area contributed by atoms with E-state index in [2.05, 4.69) is 0 Å². The van der Waals surface area contributed by atoms with E-state index >= 15 is 4.39 Å². The molecule has 1 N–H and O–H groups in total. The minimum Gasteiger partial charge on any atom is -0.475 e. The Bertz CT molecular complexity index is 800. The Morgan fingerprint density at radius 3 is 2.48 bits per heavy atom. The van der Waals surface area contributed by atoms with Crippen molar-refractivity contribution in [3.05, 3.63) is 11.6 Å². The van der Waals surface area contributed by atoms with Crippen molar-refractivity contribution in [1.82, 2.24) is 0 Å². The van der Waals surface area contributed by atoms with Crippen LogP contribution in [0.2, 0.25) is 0 Å². The van der Waals surface area contributed by atoms with Crippen molar-refractivity contribution in [2.24, 2.45) is 28.6 Å². The number of rotatable bonds is 2. The Hall–Kier alpha value is -1.85. The highest BCUT2D eigenvalue weighted by molar-refractivity contribution is 6.33. The van der Waals surface area contributed by atoms with Gasteiger partial charge in [0.15, 0.2) is 17.2 Å². The molecule has 0 heterocycles. The average molecular weight is 376 g/mol. The molecule has 6 atom stereocenters. The third-order valence-corrected chi connectivity index (χ3v) is 8.32. The first kappa shape index (κ1) is 18.5. The molecule has 0 saturated heterocycles. The van der Waals surface area contributed by atoms with Crippen LogP contribution in [0.4, 0.5) is 4.39 Å². The highest BCUT2D eigenvalue weighted by Gasteiger charge is 2.71. The predicted octanol–water partition coefficient (Wildman–Crippen LogP) is 3.06. The highest BCUT2D eigenvalue weighted by atomic mass is 19.1. The molecule has 27 heavy (non-hydrogen) atoms. The molecule has 3 fully saturated rings. The molecule has 4 aliphatic rings. The zero-order valence-electron chi connectivity index (χ0n) is 15.7. The maximum Gasteiger partial charge on any atom is 0.372 e. The number of carbonyl (C=O) groups excluding carboxylic acids is 3. The summed E-state index contributed by atoms with van der Waals surface area (Å²) in [4.78, 5) is 48.6. The molecule has 0 aromatic heterocycles. The molecule has 146 valence electrons. The van der Waals surface area contributed by atoms with Crippen LogP contribution in [0.5, 0.6) is 0 Å². The van der Waals surface area contributed by atoms with Crippen LogP contribution >= 0.6 is 0 Å². The number of carboxylic acids is 1. The van der Waals surface area contributed by atoms with E-state index in [1.807, 2.05) is 0 Å². The number of halogens is 1. The standard InChI is InChI=1S/C21H25FO5/c1-19-10-16(24)21(22)14(13(19)5-6-15(19)17(25)18(26)27)4-3-11-9-12(23)7-8-20(11,21)2/h9,13-15H,3-8,10H2,1-2H3,(H,26,27)/t13?,14?,15-,19+,20+,21+/m1/s1. The van der Waals surface area contributed by atoms with Crippen LogP contribution in [0.15, 0.2) is 11.6 Å². The fourth-order valence-electron chi connectivity index (χ4n) is 6.87. The topological polar surface area (TPSA) is 88.5 Å². The molecular formula is C21H25FO5. The minimum absolute atomic E-state index is 0.00870. The minimum atomic E-state index is -2.04. The van der Waals surface area contributed by atoms with E-state index in [-0.39, 0.29) is 24.5 Å². The largest absolute Gasteiger partial charge is 0.475 e. The van der Waals surface area contributed by atoms with Gasteiger partial charge >= 0.3 is 5.97 Å². The zero-order chi connectivity index (χ0) is 19.8. The van der Waals surface area contributed by atoms with Crippen LogP contribution < -0.4 is 0 Å². The van der Waals surface area contributed by atoms with Crippen molar-refractivity contribution in [1.29, 1.82) is 0 Å². The third-order valence-electron chi connectivity index (χ3n) is 8.32. The second-order valence-corrected chi connectivity index (χ2v) is 9.34. The Kier molecular flexibility index (Phi) is 3.83. The molecule has 0 spiro atoms. The predicted molar refractivity (Wildman–Crippen MR) is 93.6 cm³/mol. The van der Waals surface area contributed by atoms with Gasteiger partial charge in [0, 0.05) is 30.1 Å². The highest BCUT2D eigenvalue weighted by Crippen LogP contribution is 2.68. The number of allylic oxidation sites excluding steroid dienone is 1. The van der Waals surface area contributed by atoms with E-state index in [1.165, 1.54) is 6.08 Å². The molecule has 3 saturated carbocycles. The van der Waals surface area contributed by atoms with Crippen molar-refractivity contribution in [2.45, 2.75) is 64.5 Å². The van der Waals surface area contributed by atoms with Gasteiger partial charge in [-0.25, -0.2) is 9.18 Å². The van der Waals surface area contributed by atoms with Crippen LogP contribution in [-0.2, 0) is 19.2 Å². The summed E-state index contributed by atoms with van der Waals surface area (Å²) in [5.41, 5.74) is -3.07. The van der Waals surface area contributed by atoms with E-state index in [0.717, 1.165) is 5.57 Å². The number of hydrogen-bond donors (Lipinski definition) is 1. The number of carboxylic acid groups (broad SMARTS) is 1. The van der Waals surface area contributed by atoms with Gasteiger partial charge in [-0.3, -0.25) is 14.4 Å². The Labute approximate surface area is 157 Å². The van der Waals surface area contributed by atoms with Crippen LogP contribution in [-0.4, -0.2) is 34.1 Å². The van der Waals surface area contributed by atoms with Crippen molar-refractivity contribution in [3.8, 4) is 0 Å². The van der Waals surface area contributed by atoms with Gasteiger partial charge in [-0.05, 0) is 49.5 Å². The lowest BCUT2D eigenvalue weighted by Gasteiger charge is -2.59. The van der Waals surface area contributed by atoms with Gasteiger partial charge in [0.2, 0.25) is 5.78 Å². The summed E-state index contributed by atoms with van der Waals surface area (Å²) in [6.45, 7) is 3.57. The van der Waals surface area contributed by atoms with Crippen LogP contribution in [0.25, 0.3) is 0 Å². The van der Waals surface area contributed by atoms with E-state index < -0.39 is 45.9 Å². The summed E-state index contributed by atoms with van der Waals surface area (Å²) in [6.07, 6.45) is 4.01. The Morgan fingerprint density at radius 2 is 1.81 bits per heavy atom. The van der Waals surface area contributed by atoms with Crippen molar-refractivity contribution >= 4 is 23.3 Å². The maximum atomic E-state index is 16.7. The molecule has 4 rings (SSSR count). The third kappa shape index (κ3) is 2.15. The zero-order valence-corrected chi connectivity index (χ0v) is 15.7. The van der Waals surface area contributed by atoms with Crippen molar-refractivity contribution in [2.75, 3.05) is 0 Å². The van der Waals surface area contributed by atoms with Gasteiger partial charge in [0.05, 0.1) is 0 Å². The van der Waals surface area contributed by atoms with Gasteiger partial charge in [0.1, 0.15) is 0 Å². The first-order chi connectivity index (χ1) is 12.6. The number of hydrogen-bond acceptors (Lipinski definition) is 4. The second kappa shape index (κ2) is 5.58. The molecule has 2 unspecified atom stereocenters. The molecular weight excluding hydrogens is 351 g/mol. The Balaban J connectivity index is 1.77. The summed E-state index contributed by atoms with van der Waals surface area (Å²) in [7, 11) is 0. The summed E-state index contributed by atoms with van der Waals surface area (Å²) in [6, 6.07) is 0. The lowest BCUT2D eigenvalue weighted by Crippen LogP contribution is -2.65. The maximum absolute atomic E-state index is 16.7. The van der Waals surface area contributed by atoms with E-state index in [9.17, 15) is 19.2 Å². The van der Waals surface area contributed by atoms with Crippen LogP contribution in [0, 0.1) is 28.6 Å². The number of alkyl halides is 1. The van der Waals surface area contributed by atoms with E-state index in [4.69, 9.17) is 5.11 Å². The molecule has 5 nitrogen and oxygen atoms in total.